The Bertz CT molecular complexity index is 7200. The lowest BCUT2D eigenvalue weighted by Crippen LogP contribution is -2.10. The minimum Gasteiger partial charge on any atom is -0.507 e. The van der Waals surface area contributed by atoms with Crippen molar-refractivity contribution >= 4 is 35.8 Å². The molecule has 0 radical (unpaired) electrons. The highest BCUT2D eigenvalue weighted by Gasteiger charge is 2.32. The molecule has 12 aromatic carbocycles. The predicted molar refractivity (Wildman–Crippen MR) is 473 cm³/mol. The molecule has 0 saturated heterocycles. The number of benzene rings is 12. The summed E-state index contributed by atoms with van der Waals surface area (Å²) in [5.41, 5.74) is 10.5. The molecule has 16 aromatic rings. The number of alkyl halides is 3. The molecule has 0 unspecified atom stereocenters. The number of methoxy groups -OCH3 is 5. The maximum Gasteiger partial charge on any atom is 0.416 e. The van der Waals surface area contributed by atoms with Gasteiger partial charge in [0.2, 0.25) is 5.91 Å². The second-order valence-corrected chi connectivity index (χ2v) is 28.0. The number of rotatable bonds is 18. The standard InChI is InChI=1S/C25H19N3O6.C24H16F3N3O4.C24H18N4O5.C24H16N4O4/c1-33-24(31)15-9-7-14(8-10-15)21-26-22(17-5-3-4-6-19(17)29)28-23(27-21)18-12-11-16(13-20(18)30)25(32)34-2;1-34-23(33)14-8-6-13(7-9-14)20-28-21(16-4-2-3-5-18(16)31)30-22(29-20)17-11-10-15(12-19(17)32)24(25,26)27;1-33-24(32)14-8-6-13(7-9-14)21-26-22(16-4-2-3-5-18(16)29)28-23(27-21)17-11-10-15(20(25)31)12-19(17)30;1-32-24(31)16-9-7-15(8-10-16)21-26-22(17-4-2-3-5-19(17)29)28-23(27-21)18-11-6-14(13-25)12-20(18)30/h3-13,29-30H,1-2H3;2-12,31-32H,1H3;2-12,29-30H,1H3,(H2,25,31);2-12,29-30H,1H3. The molecular weight excluding hydrogens is 1720 g/mol. The Morgan fingerprint density at radius 1 is 0.263 bits per heavy atom. The number of phenols is 8. The van der Waals surface area contributed by atoms with Crippen molar-refractivity contribution in [1.82, 2.24) is 59.8 Å². The first-order valence-corrected chi connectivity index (χ1v) is 39.1. The van der Waals surface area contributed by atoms with Crippen LogP contribution in [0.15, 0.2) is 267 Å². The monoisotopic (exact) mass is 1790 g/mol. The van der Waals surface area contributed by atoms with Gasteiger partial charge in [0.25, 0.3) is 0 Å². The summed E-state index contributed by atoms with van der Waals surface area (Å²) in [6.45, 7) is 0. The van der Waals surface area contributed by atoms with E-state index in [-0.39, 0.29) is 144 Å². The first kappa shape index (κ1) is 91.9. The highest BCUT2D eigenvalue weighted by atomic mass is 19.4. The van der Waals surface area contributed by atoms with E-state index in [2.05, 4.69) is 69.3 Å². The van der Waals surface area contributed by atoms with E-state index in [1.54, 1.807) is 170 Å². The Morgan fingerprint density at radius 3 is 0.707 bits per heavy atom. The number of carbonyl (C=O) groups is 6. The minimum absolute atomic E-state index is 0.0133. The number of esters is 5. The highest BCUT2D eigenvalue weighted by Crippen LogP contribution is 2.41. The molecule has 0 fully saturated rings. The Morgan fingerprint density at radius 2 is 0.474 bits per heavy atom. The summed E-state index contributed by atoms with van der Waals surface area (Å²) in [5.74, 6) is -3.01. The van der Waals surface area contributed by atoms with Gasteiger partial charge < -0.3 is 70.3 Å². The molecule has 10 N–H and O–H groups in total. The Balaban J connectivity index is 0.000000151. The van der Waals surface area contributed by atoms with Gasteiger partial charge in [-0.15, -0.1) is 0 Å². The van der Waals surface area contributed by atoms with Crippen LogP contribution in [0.1, 0.15) is 73.3 Å². The van der Waals surface area contributed by atoms with E-state index < -0.39 is 53.2 Å². The van der Waals surface area contributed by atoms with Crippen molar-refractivity contribution < 1.29 is 106 Å². The molecule has 0 atom stereocenters. The van der Waals surface area contributed by atoms with Crippen molar-refractivity contribution in [2.45, 2.75) is 6.18 Å². The molecule has 0 aliphatic heterocycles. The van der Waals surface area contributed by atoms with Crippen LogP contribution >= 0.6 is 0 Å². The number of carbonyl (C=O) groups excluding carboxylic acids is 6. The molecule has 33 nitrogen and oxygen atoms in total. The molecule has 1 amide bonds. The number of aromatic hydroxyl groups is 8. The SMILES string of the molecule is COC(=O)c1ccc(-c2nc(-c3ccccc3O)nc(-c3ccc(C#N)cc3O)n2)cc1.COC(=O)c1ccc(-c2nc(-c3ccccc3O)nc(-c3ccc(C(=O)OC)cc3O)n2)cc1.COC(=O)c1ccc(-c2nc(-c3ccccc3O)nc(-c3ccc(C(F)(F)F)cc3O)n2)cc1.COC(=O)c1ccc(-c2nc(-c3ccccc3O)nc(-c3ccc(C(N)=O)cc3O)n2)cc1. The normalized spacial score (nSPS) is 10.7. The zero-order valence-electron chi connectivity index (χ0n) is 70.0. The van der Waals surface area contributed by atoms with E-state index in [0.717, 1.165) is 12.1 Å². The third-order valence-corrected chi connectivity index (χ3v) is 19.5. The summed E-state index contributed by atoms with van der Waals surface area (Å²) in [5, 5.41) is 92.1. The summed E-state index contributed by atoms with van der Waals surface area (Å²) in [6.07, 6.45) is -4.64. The number of primary amides is 1. The number of ether oxygens (including phenoxy) is 5. The number of nitriles is 1. The lowest BCUT2D eigenvalue weighted by molar-refractivity contribution is -0.137. The lowest BCUT2D eigenvalue weighted by atomic mass is 10.1. The topological polar surface area (TPSA) is 515 Å². The van der Waals surface area contributed by atoms with Crippen LogP contribution < -0.4 is 5.73 Å². The van der Waals surface area contributed by atoms with Crippen molar-refractivity contribution in [3.8, 4) is 189 Å². The molecule has 0 aliphatic carbocycles. The maximum atomic E-state index is 13.0. The molecule has 662 valence electrons. The number of para-hydroxylation sites is 4. The number of amides is 1. The van der Waals surface area contributed by atoms with Crippen molar-refractivity contribution in [3.63, 3.8) is 0 Å². The molecule has 36 heteroatoms. The van der Waals surface area contributed by atoms with Crippen LogP contribution in [-0.2, 0) is 29.9 Å². The Labute approximate surface area is 751 Å². The number of aromatic nitrogens is 12. The van der Waals surface area contributed by atoms with Gasteiger partial charge in [-0.2, -0.15) is 18.4 Å². The van der Waals surface area contributed by atoms with Gasteiger partial charge in [0, 0.05) is 27.8 Å². The van der Waals surface area contributed by atoms with E-state index in [0.29, 0.717) is 78.4 Å². The van der Waals surface area contributed by atoms with Crippen LogP contribution in [0.2, 0.25) is 0 Å². The summed E-state index contributed by atoms with van der Waals surface area (Å²) in [7, 11) is 6.39. The first-order valence-electron chi connectivity index (χ1n) is 39.1. The average Bonchev–Trinajstić information content (AvgIpc) is 0.792. The third-order valence-electron chi connectivity index (χ3n) is 19.5. The van der Waals surface area contributed by atoms with Crippen molar-refractivity contribution in [1.29, 1.82) is 5.26 Å². The van der Waals surface area contributed by atoms with Crippen LogP contribution in [0.3, 0.4) is 0 Å². The zero-order valence-corrected chi connectivity index (χ0v) is 70.0. The molecule has 4 heterocycles. The minimum atomic E-state index is -4.64. The maximum absolute atomic E-state index is 13.0. The fourth-order valence-corrected chi connectivity index (χ4v) is 12.7. The van der Waals surface area contributed by atoms with Gasteiger partial charge in [-0.25, -0.2) is 83.8 Å². The molecule has 133 heavy (non-hydrogen) atoms. The second-order valence-electron chi connectivity index (χ2n) is 28.0. The fraction of sp³-hybridized carbons (Fsp3) is 0.0619. The van der Waals surface area contributed by atoms with E-state index in [1.807, 2.05) is 6.07 Å². The number of hydrogen-bond donors (Lipinski definition) is 9. The summed E-state index contributed by atoms with van der Waals surface area (Å²) in [4.78, 5) is 123. The van der Waals surface area contributed by atoms with Crippen LogP contribution in [0.4, 0.5) is 13.2 Å². The molecule has 0 saturated carbocycles. The molecule has 4 aromatic heterocycles. The number of halogens is 3. The Hall–Kier alpha value is -18.8. The van der Waals surface area contributed by atoms with Crippen LogP contribution in [0.5, 0.6) is 46.0 Å². The molecular formula is C97H69F3N14O19. The fourth-order valence-electron chi connectivity index (χ4n) is 12.7. The van der Waals surface area contributed by atoms with E-state index in [9.17, 15) is 82.8 Å². The average molecular weight is 1790 g/mol. The number of hydrogen-bond acceptors (Lipinski definition) is 32. The largest absolute Gasteiger partial charge is 0.507 e. The predicted octanol–water partition coefficient (Wildman–Crippen LogP) is 16.1. The van der Waals surface area contributed by atoms with E-state index in [1.165, 1.54) is 114 Å². The van der Waals surface area contributed by atoms with E-state index >= 15 is 0 Å². The van der Waals surface area contributed by atoms with Gasteiger partial charge in [0.05, 0.1) is 125 Å². The van der Waals surface area contributed by atoms with Gasteiger partial charge >= 0.3 is 36.0 Å². The van der Waals surface area contributed by atoms with Crippen LogP contribution in [0.25, 0.3) is 137 Å². The lowest BCUT2D eigenvalue weighted by Gasteiger charge is -2.12. The van der Waals surface area contributed by atoms with Crippen LogP contribution in [0, 0.1) is 11.3 Å². The van der Waals surface area contributed by atoms with Gasteiger partial charge in [-0.05, 0) is 170 Å². The summed E-state index contributed by atoms with van der Waals surface area (Å²) >= 11 is 0. The van der Waals surface area contributed by atoms with Gasteiger partial charge in [-0.1, -0.05) is 97.1 Å². The number of phenolic OH excluding ortho intramolecular Hbond substituents is 8. The molecule has 16 rings (SSSR count). The van der Waals surface area contributed by atoms with Gasteiger partial charge in [0.1, 0.15) is 46.0 Å². The second kappa shape index (κ2) is 40.7. The van der Waals surface area contributed by atoms with Crippen molar-refractivity contribution in [3.05, 3.63) is 311 Å². The molecule has 0 spiro atoms. The number of nitrogens with zero attached hydrogens (tertiary/aromatic N) is 13. The first-order chi connectivity index (χ1) is 63.9. The Kier molecular flexibility index (Phi) is 28.1. The number of nitrogens with two attached hydrogens (primary N) is 1. The van der Waals surface area contributed by atoms with Gasteiger partial charge in [0.15, 0.2) is 69.9 Å². The quantitative estimate of drug-likeness (QED) is 0.0284. The zero-order chi connectivity index (χ0) is 94.9. The van der Waals surface area contributed by atoms with Crippen molar-refractivity contribution in [2.24, 2.45) is 5.73 Å². The van der Waals surface area contributed by atoms with Crippen molar-refractivity contribution in [2.75, 3.05) is 35.5 Å². The summed E-state index contributed by atoms with van der Waals surface area (Å²) < 4.78 is 62.6. The highest BCUT2D eigenvalue weighted by molar-refractivity contribution is 5.95. The molecule has 0 bridgehead atoms. The van der Waals surface area contributed by atoms with Crippen LogP contribution in [-0.4, -0.2) is 172 Å². The molecule has 0 aliphatic rings. The third kappa shape index (κ3) is 21.5. The van der Waals surface area contributed by atoms with Gasteiger partial charge in [-0.3, -0.25) is 4.79 Å². The summed E-state index contributed by atoms with van der Waals surface area (Å²) in [6, 6.07) is 68.7. The smallest absolute Gasteiger partial charge is 0.416 e. The van der Waals surface area contributed by atoms with E-state index in [4.69, 9.17) is 25.2 Å².